The van der Waals surface area contributed by atoms with Crippen molar-refractivity contribution in [1.29, 1.82) is 0 Å². The van der Waals surface area contributed by atoms with E-state index < -0.39 is 0 Å². The Morgan fingerprint density at radius 3 is 2.85 bits per heavy atom. The minimum Gasteiger partial charge on any atom is -0.491 e. The number of nitrogens with one attached hydrogen (secondary N) is 1. The van der Waals surface area contributed by atoms with Gasteiger partial charge in [0.05, 0.1) is 18.1 Å². The Kier molecular flexibility index (Phi) is 6.34. The molecule has 0 aliphatic heterocycles. The third-order valence-electron chi connectivity index (χ3n) is 2.56. The molecule has 0 amide bonds. The summed E-state index contributed by atoms with van der Waals surface area (Å²) < 4.78 is 11.1. The molecule has 2 rings (SSSR count). The maximum Gasteiger partial charge on any atom is 0.182 e. The lowest BCUT2D eigenvalue weighted by molar-refractivity contribution is 0.0904. The van der Waals surface area contributed by atoms with Gasteiger partial charge in [0.1, 0.15) is 12.4 Å². The number of ether oxygens (including phenoxy) is 2. The fourth-order valence-electron chi connectivity index (χ4n) is 1.60. The second-order valence-electron chi connectivity index (χ2n) is 4.27. The molecule has 0 saturated carbocycles. The lowest BCUT2D eigenvalue weighted by atomic mass is 10.3. The first-order chi connectivity index (χ1) is 9.88. The van der Waals surface area contributed by atoms with E-state index in [2.05, 4.69) is 17.2 Å². The van der Waals surface area contributed by atoms with E-state index >= 15 is 0 Å². The molecule has 0 fully saturated rings. The predicted octanol–water partition coefficient (Wildman–Crippen LogP) is 3.56. The molecule has 0 spiro atoms. The van der Waals surface area contributed by atoms with Crippen molar-refractivity contribution in [2.24, 2.45) is 0 Å². The number of thiazole rings is 1. The molecule has 1 aromatic heterocycles. The summed E-state index contributed by atoms with van der Waals surface area (Å²) in [6, 6.07) is 9.76. The molecule has 0 radical (unpaired) electrons. The van der Waals surface area contributed by atoms with E-state index in [0.29, 0.717) is 19.8 Å². The van der Waals surface area contributed by atoms with E-state index in [0.717, 1.165) is 28.7 Å². The van der Waals surface area contributed by atoms with Crippen LogP contribution in [0.15, 0.2) is 36.5 Å². The molecule has 1 aromatic carbocycles. The van der Waals surface area contributed by atoms with Crippen LogP contribution >= 0.6 is 11.3 Å². The molecule has 0 aliphatic carbocycles. The van der Waals surface area contributed by atoms with E-state index in [-0.39, 0.29) is 0 Å². The van der Waals surface area contributed by atoms with Gasteiger partial charge >= 0.3 is 0 Å². The molecule has 0 aliphatic rings. The number of hydrogen-bond acceptors (Lipinski definition) is 5. The highest BCUT2D eigenvalue weighted by atomic mass is 32.1. The van der Waals surface area contributed by atoms with Gasteiger partial charge < -0.3 is 14.8 Å². The van der Waals surface area contributed by atoms with Crippen molar-refractivity contribution in [3.8, 4) is 5.75 Å². The first kappa shape index (κ1) is 14.8. The van der Waals surface area contributed by atoms with Gasteiger partial charge in [-0.1, -0.05) is 36.5 Å². The van der Waals surface area contributed by atoms with Crippen molar-refractivity contribution >= 4 is 16.5 Å². The highest BCUT2D eigenvalue weighted by Crippen LogP contribution is 2.18. The summed E-state index contributed by atoms with van der Waals surface area (Å²) in [6.07, 6.45) is 2.96. The Morgan fingerprint density at radius 1 is 1.20 bits per heavy atom. The van der Waals surface area contributed by atoms with Crippen LogP contribution in [0.3, 0.4) is 0 Å². The standard InChI is InChI=1S/C15H20N2O2S/c1-2-8-16-15-17-11-14(20-15)12-18-9-10-19-13-6-4-3-5-7-13/h3-7,11H,2,8-10,12H2,1H3,(H,16,17). The van der Waals surface area contributed by atoms with Crippen LogP contribution in [0.5, 0.6) is 5.75 Å². The van der Waals surface area contributed by atoms with Crippen molar-refractivity contribution in [3.05, 3.63) is 41.4 Å². The highest BCUT2D eigenvalue weighted by molar-refractivity contribution is 7.15. The molecule has 0 saturated heterocycles. The summed E-state index contributed by atoms with van der Waals surface area (Å²) in [5.41, 5.74) is 0. The molecule has 1 N–H and O–H groups in total. The highest BCUT2D eigenvalue weighted by Gasteiger charge is 2.01. The molecular weight excluding hydrogens is 272 g/mol. The van der Waals surface area contributed by atoms with Gasteiger partial charge in [-0.15, -0.1) is 0 Å². The normalized spacial score (nSPS) is 10.4. The first-order valence-corrected chi connectivity index (χ1v) is 7.64. The minimum atomic E-state index is 0.559. The van der Waals surface area contributed by atoms with Crippen LogP contribution < -0.4 is 10.1 Å². The SMILES string of the molecule is CCCNc1ncc(COCCOc2ccccc2)s1. The Balaban J connectivity index is 1.60. The van der Waals surface area contributed by atoms with Gasteiger partial charge in [-0.3, -0.25) is 0 Å². The lowest BCUT2D eigenvalue weighted by Gasteiger charge is -2.05. The summed E-state index contributed by atoms with van der Waals surface area (Å²) in [5, 5.41) is 4.23. The molecule has 2 aromatic rings. The third kappa shape index (κ3) is 5.19. The van der Waals surface area contributed by atoms with Crippen LogP contribution in [0, 0.1) is 0 Å². The van der Waals surface area contributed by atoms with Crippen molar-refractivity contribution in [2.75, 3.05) is 25.1 Å². The molecule has 20 heavy (non-hydrogen) atoms. The summed E-state index contributed by atoms with van der Waals surface area (Å²) in [7, 11) is 0. The summed E-state index contributed by atoms with van der Waals surface area (Å²) in [4.78, 5) is 5.42. The van der Waals surface area contributed by atoms with E-state index in [4.69, 9.17) is 9.47 Å². The largest absolute Gasteiger partial charge is 0.491 e. The van der Waals surface area contributed by atoms with Crippen LogP contribution in [0.2, 0.25) is 0 Å². The summed E-state index contributed by atoms with van der Waals surface area (Å²) in [5.74, 6) is 0.875. The van der Waals surface area contributed by atoms with Crippen LogP contribution in [-0.4, -0.2) is 24.7 Å². The number of nitrogens with zero attached hydrogens (tertiary/aromatic N) is 1. The van der Waals surface area contributed by atoms with E-state index in [1.807, 2.05) is 36.5 Å². The molecule has 4 nitrogen and oxygen atoms in total. The quantitative estimate of drug-likeness (QED) is 0.718. The van der Waals surface area contributed by atoms with E-state index in [1.165, 1.54) is 0 Å². The average Bonchev–Trinajstić information content (AvgIpc) is 2.94. The van der Waals surface area contributed by atoms with Gasteiger partial charge in [0, 0.05) is 12.7 Å². The molecular formula is C15H20N2O2S. The molecule has 0 atom stereocenters. The number of aromatic nitrogens is 1. The maximum atomic E-state index is 5.58. The van der Waals surface area contributed by atoms with Gasteiger partial charge in [0.25, 0.3) is 0 Å². The molecule has 5 heteroatoms. The monoisotopic (exact) mass is 292 g/mol. The van der Waals surface area contributed by atoms with Gasteiger partial charge in [0.15, 0.2) is 5.13 Å². The van der Waals surface area contributed by atoms with Crippen molar-refractivity contribution < 1.29 is 9.47 Å². The molecule has 108 valence electrons. The number of benzene rings is 1. The van der Waals surface area contributed by atoms with Crippen molar-refractivity contribution in [3.63, 3.8) is 0 Å². The van der Waals surface area contributed by atoms with Gasteiger partial charge in [0.2, 0.25) is 0 Å². The fraction of sp³-hybridized carbons (Fsp3) is 0.400. The zero-order valence-corrected chi connectivity index (χ0v) is 12.5. The van der Waals surface area contributed by atoms with E-state index in [1.54, 1.807) is 11.3 Å². The number of rotatable bonds is 9. The van der Waals surface area contributed by atoms with Crippen molar-refractivity contribution in [1.82, 2.24) is 4.98 Å². The van der Waals surface area contributed by atoms with Crippen LogP contribution in [0.1, 0.15) is 18.2 Å². The van der Waals surface area contributed by atoms with Crippen LogP contribution in [0.25, 0.3) is 0 Å². The zero-order valence-electron chi connectivity index (χ0n) is 11.7. The smallest absolute Gasteiger partial charge is 0.182 e. The Morgan fingerprint density at radius 2 is 2.05 bits per heavy atom. The Bertz CT molecular complexity index is 488. The third-order valence-corrected chi connectivity index (χ3v) is 3.49. The van der Waals surface area contributed by atoms with Gasteiger partial charge in [-0.25, -0.2) is 4.98 Å². The van der Waals surface area contributed by atoms with Gasteiger partial charge in [-0.2, -0.15) is 0 Å². The minimum absolute atomic E-state index is 0.559. The van der Waals surface area contributed by atoms with Crippen LogP contribution in [0.4, 0.5) is 5.13 Å². The molecule has 0 unspecified atom stereocenters. The van der Waals surface area contributed by atoms with Gasteiger partial charge in [-0.05, 0) is 18.6 Å². The molecule has 0 bridgehead atoms. The maximum absolute atomic E-state index is 5.58. The number of para-hydroxylation sites is 1. The predicted molar refractivity (Wildman–Crippen MR) is 82.5 cm³/mol. The average molecular weight is 292 g/mol. The van der Waals surface area contributed by atoms with Crippen LogP contribution in [-0.2, 0) is 11.3 Å². The first-order valence-electron chi connectivity index (χ1n) is 6.82. The summed E-state index contributed by atoms with van der Waals surface area (Å²) >= 11 is 1.64. The Labute approximate surface area is 123 Å². The second kappa shape index (κ2) is 8.55. The zero-order chi connectivity index (χ0) is 14.0. The van der Waals surface area contributed by atoms with E-state index in [9.17, 15) is 0 Å². The lowest BCUT2D eigenvalue weighted by Crippen LogP contribution is -2.06. The molecule has 1 heterocycles. The topological polar surface area (TPSA) is 43.4 Å². The second-order valence-corrected chi connectivity index (χ2v) is 5.39. The fourth-order valence-corrected chi connectivity index (χ4v) is 2.37. The number of hydrogen-bond donors (Lipinski definition) is 1. The number of anilines is 1. The van der Waals surface area contributed by atoms with Crippen molar-refractivity contribution in [2.45, 2.75) is 20.0 Å². The summed E-state index contributed by atoms with van der Waals surface area (Å²) in [6.45, 7) is 4.81. The Hall–Kier alpha value is -1.59.